The van der Waals surface area contributed by atoms with E-state index in [-0.39, 0.29) is 24.3 Å². The number of nitrogens with zero attached hydrogens (tertiary/aromatic N) is 2. The van der Waals surface area contributed by atoms with Gasteiger partial charge in [-0.1, -0.05) is 24.3 Å². The van der Waals surface area contributed by atoms with Crippen molar-refractivity contribution < 1.29 is 14.3 Å². The minimum Gasteiger partial charge on any atom is -0.372 e. The first-order valence-electron chi connectivity index (χ1n) is 11.5. The molecule has 2 heterocycles. The highest BCUT2D eigenvalue weighted by molar-refractivity contribution is 7.09. The first-order valence-corrected chi connectivity index (χ1v) is 12.4. The number of hydrogen-bond donors (Lipinski definition) is 2. The third-order valence-electron chi connectivity index (χ3n) is 6.08. The third kappa shape index (κ3) is 6.15. The SMILES string of the molecule is NCCCOCC(=O)N1CCC[C@H](C(=O)NCc2nc(-c3ccc(C4CC4)cc3)cs2)C1. The van der Waals surface area contributed by atoms with E-state index in [9.17, 15) is 9.59 Å². The number of carbonyl (C=O) groups excluding carboxylic acids is 2. The van der Waals surface area contributed by atoms with Crippen LogP contribution in [0.2, 0.25) is 0 Å². The van der Waals surface area contributed by atoms with Crippen LogP contribution in [0.15, 0.2) is 29.6 Å². The van der Waals surface area contributed by atoms with Gasteiger partial charge in [-0.15, -0.1) is 11.3 Å². The van der Waals surface area contributed by atoms with Crippen molar-refractivity contribution in [2.45, 2.75) is 44.6 Å². The Kier molecular flexibility index (Phi) is 7.89. The van der Waals surface area contributed by atoms with Gasteiger partial charge >= 0.3 is 0 Å². The first kappa shape index (κ1) is 22.9. The minimum absolute atomic E-state index is 0.0166. The highest BCUT2D eigenvalue weighted by atomic mass is 32.1. The monoisotopic (exact) mass is 456 g/mol. The second-order valence-corrected chi connectivity index (χ2v) is 9.56. The Morgan fingerprint density at radius 3 is 2.78 bits per heavy atom. The Morgan fingerprint density at radius 2 is 2.03 bits per heavy atom. The number of rotatable bonds is 10. The van der Waals surface area contributed by atoms with Crippen LogP contribution in [0, 0.1) is 5.92 Å². The molecular formula is C24H32N4O3S. The molecule has 1 aliphatic carbocycles. The zero-order valence-electron chi connectivity index (χ0n) is 18.4. The molecule has 7 nitrogen and oxygen atoms in total. The van der Waals surface area contributed by atoms with Crippen LogP contribution in [0.1, 0.15) is 48.6 Å². The van der Waals surface area contributed by atoms with Crippen LogP contribution in [0.4, 0.5) is 0 Å². The highest BCUT2D eigenvalue weighted by Gasteiger charge is 2.28. The average Bonchev–Trinajstić information content (AvgIpc) is 3.58. The minimum atomic E-state index is -0.189. The number of nitrogens with one attached hydrogen (secondary N) is 1. The molecule has 0 bridgehead atoms. The molecule has 32 heavy (non-hydrogen) atoms. The number of aromatic nitrogens is 1. The molecule has 1 atom stereocenters. The summed E-state index contributed by atoms with van der Waals surface area (Å²) in [7, 11) is 0. The fourth-order valence-corrected chi connectivity index (χ4v) is 4.77. The number of ether oxygens (including phenoxy) is 1. The summed E-state index contributed by atoms with van der Waals surface area (Å²) in [6.07, 6.45) is 4.96. The number of thiazole rings is 1. The van der Waals surface area contributed by atoms with Crippen LogP contribution >= 0.6 is 11.3 Å². The second kappa shape index (κ2) is 11.0. The molecule has 1 aromatic heterocycles. The van der Waals surface area contributed by atoms with E-state index in [4.69, 9.17) is 15.5 Å². The van der Waals surface area contributed by atoms with Crippen LogP contribution < -0.4 is 11.1 Å². The van der Waals surface area contributed by atoms with Gasteiger partial charge < -0.3 is 20.7 Å². The fraction of sp³-hybridized carbons (Fsp3) is 0.542. The van der Waals surface area contributed by atoms with Crippen molar-refractivity contribution in [1.29, 1.82) is 0 Å². The summed E-state index contributed by atoms with van der Waals surface area (Å²) >= 11 is 1.56. The van der Waals surface area contributed by atoms with Gasteiger partial charge in [-0.25, -0.2) is 4.98 Å². The Hall–Kier alpha value is -2.29. The van der Waals surface area contributed by atoms with E-state index in [0.717, 1.165) is 41.4 Å². The lowest BCUT2D eigenvalue weighted by molar-refractivity contribution is -0.139. The first-order chi connectivity index (χ1) is 15.6. The van der Waals surface area contributed by atoms with Crippen LogP contribution in [-0.4, -0.2) is 54.5 Å². The smallest absolute Gasteiger partial charge is 0.248 e. The number of carbonyl (C=O) groups is 2. The van der Waals surface area contributed by atoms with Gasteiger partial charge in [-0.05, 0) is 50.1 Å². The van der Waals surface area contributed by atoms with E-state index >= 15 is 0 Å². The summed E-state index contributed by atoms with van der Waals surface area (Å²) in [5, 5.41) is 5.94. The predicted molar refractivity (Wildman–Crippen MR) is 125 cm³/mol. The molecule has 1 saturated carbocycles. The molecule has 2 aliphatic rings. The van der Waals surface area contributed by atoms with E-state index in [0.29, 0.717) is 32.8 Å². The van der Waals surface area contributed by atoms with E-state index in [1.165, 1.54) is 18.4 Å². The van der Waals surface area contributed by atoms with E-state index in [2.05, 4.69) is 29.6 Å². The van der Waals surface area contributed by atoms with Gasteiger partial charge in [0.2, 0.25) is 11.8 Å². The van der Waals surface area contributed by atoms with E-state index in [1.807, 2.05) is 5.38 Å². The van der Waals surface area contributed by atoms with Crippen molar-refractivity contribution in [1.82, 2.24) is 15.2 Å². The number of nitrogens with two attached hydrogens (primary N) is 1. The Balaban J connectivity index is 1.24. The van der Waals surface area contributed by atoms with Crippen molar-refractivity contribution in [2.24, 2.45) is 11.7 Å². The summed E-state index contributed by atoms with van der Waals surface area (Å²) < 4.78 is 5.37. The van der Waals surface area contributed by atoms with Crippen LogP contribution in [-0.2, 0) is 20.9 Å². The van der Waals surface area contributed by atoms with E-state index < -0.39 is 0 Å². The number of likely N-dealkylation sites (tertiary alicyclic amines) is 1. The largest absolute Gasteiger partial charge is 0.372 e. The van der Waals surface area contributed by atoms with Gasteiger partial charge in [0.1, 0.15) is 11.6 Å². The van der Waals surface area contributed by atoms with Gasteiger partial charge in [-0.2, -0.15) is 0 Å². The molecule has 0 radical (unpaired) electrons. The fourth-order valence-electron chi connectivity index (χ4n) is 4.03. The van der Waals surface area contributed by atoms with Crippen molar-refractivity contribution in [3.05, 3.63) is 40.2 Å². The third-order valence-corrected chi connectivity index (χ3v) is 6.93. The van der Waals surface area contributed by atoms with Crippen molar-refractivity contribution in [3.8, 4) is 11.3 Å². The molecule has 3 N–H and O–H groups in total. The summed E-state index contributed by atoms with van der Waals surface area (Å²) in [5.41, 5.74) is 8.91. The molecule has 1 aromatic carbocycles. The molecule has 2 aromatic rings. The second-order valence-electron chi connectivity index (χ2n) is 8.61. The van der Waals surface area contributed by atoms with E-state index in [1.54, 1.807) is 16.2 Å². The highest BCUT2D eigenvalue weighted by Crippen LogP contribution is 2.40. The molecule has 0 unspecified atom stereocenters. The lowest BCUT2D eigenvalue weighted by Crippen LogP contribution is -2.46. The summed E-state index contributed by atoms with van der Waals surface area (Å²) in [5.74, 6) is 0.486. The van der Waals surface area contributed by atoms with Crippen LogP contribution in [0.5, 0.6) is 0 Å². The molecule has 172 valence electrons. The van der Waals surface area contributed by atoms with Gasteiger partial charge in [0.25, 0.3) is 0 Å². The molecule has 1 saturated heterocycles. The van der Waals surface area contributed by atoms with Crippen molar-refractivity contribution >= 4 is 23.2 Å². The summed E-state index contributed by atoms with van der Waals surface area (Å²) in [4.78, 5) is 31.5. The van der Waals surface area contributed by atoms with Crippen molar-refractivity contribution in [3.63, 3.8) is 0 Å². The lowest BCUT2D eigenvalue weighted by atomic mass is 9.97. The molecular weight excluding hydrogens is 424 g/mol. The maximum absolute atomic E-state index is 12.7. The van der Waals surface area contributed by atoms with Crippen LogP contribution in [0.3, 0.4) is 0 Å². The Labute approximate surface area is 193 Å². The van der Waals surface area contributed by atoms with Gasteiger partial charge in [0.15, 0.2) is 0 Å². The molecule has 1 aliphatic heterocycles. The predicted octanol–water partition coefficient (Wildman–Crippen LogP) is 2.91. The number of hydrogen-bond acceptors (Lipinski definition) is 6. The summed E-state index contributed by atoms with van der Waals surface area (Å²) in [6.45, 7) is 2.63. The molecule has 2 fully saturated rings. The average molecular weight is 457 g/mol. The zero-order valence-corrected chi connectivity index (χ0v) is 19.2. The Morgan fingerprint density at radius 1 is 1.22 bits per heavy atom. The molecule has 8 heteroatoms. The quantitative estimate of drug-likeness (QED) is 0.536. The maximum atomic E-state index is 12.7. The lowest BCUT2D eigenvalue weighted by Gasteiger charge is -2.32. The number of benzene rings is 1. The number of piperidine rings is 1. The topological polar surface area (TPSA) is 97.5 Å². The summed E-state index contributed by atoms with van der Waals surface area (Å²) in [6, 6.07) is 8.68. The molecule has 2 amide bonds. The van der Waals surface area contributed by atoms with Gasteiger partial charge in [0.05, 0.1) is 18.2 Å². The zero-order chi connectivity index (χ0) is 22.3. The van der Waals surface area contributed by atoms with Gasteiger partial charge in [-0.3, -0.25) is 9.59 Å². The molecule has 0 spiro atoms. The normalized spacial score (nSPS) is 18.5. The molecule has 4 rings (SSSR count). The number of amides is 2. The standard InChI is InChI=1S/C24H32N4O3S/c25-10-2-12-31-15-23(29)28-11-1-3-20(14-28)24(30)26-13-22-27-21(16-32-22)19-8-6-18(7-9-19)17-4-5-17/h6-9,16-17,20H,1-5,10-15,25H2,(H,26,30)/t20-/m0/s1. The maximum Gasteiger partial charge on any atom is 0.248 e. The van der Waals surface area contributed by atoms with Crippen LogP contribution in [0.25, 0.3) is 11.3 Å². The van der Waals surface area contributed by atoms with Crippen molar-refractivity contribution in [2.75, 3.05) is 32.8 Å². The van der Waals surface area contributed by atoms with Gasteiger partial charge in [0, 0.05) is 30.6 Å². The Bertz CT molecular complexity index is 910.